The highest BCUT2D eigenvalue weighted by atomic mass is 79.9. The number of hydrogen-bond donors (Lipinski definition) is 2. The van der Waals surface area contributed by atoms with E-state index >= 15 is 0 Å². The minimum atomic E-state index is -0.415. The molecule has 0 atom stereocenters. The number of rotatable bonds is 8. The highest BCUT2D eigenvalue weighted by Crippen LogP contribution is 2.31. The van der Waals surface area contributed by atoms with Crippen LogP contribution in [0.4, 0.5) is 11.4 Å². The van der Waals surface area contributed by atoms with E-state index in [9.17, 15) is 9.59 Å². The van der Waals surface area contributed by atoms with Crippen LogP contribution in [0, 0.1) is 6.92 Å². The van der Waals surface area contributed by atoms with Gasteiger partial charge in [-0.2, -0.15) is 5.10 Å². The van der Waals surface area contributed by atoms with Crippen LogP contribution < -0.4 is 20.4 Å². The molecular formula is C21H24Br2N4O3. The first-order valence-corrected chi connectivity index (χ1v) is 10.7. The second-order valence-electron chi connectivity index (χ2n) is 6.87. The van der Waals surface area contributed by atoms with Crippen LogP contribution in [-0.4, -0.2) is 38.2 Å². The van der Waals surface area contributed by atoms with Gasteiger partial charge in [0, 0.05) is 35.7 Å². The number of carbonyl (C=O) groups is 2. The molecule has 0 radical (unpaired) electrons. The van der Waals surface area contributed by atoms with Gasteiger partial charge in [-0.1, -0.05) is 15.9 Å². The summed E-state index contributed by atoms with van der Waals surface area (Å²) in [5, 5.41) is 6.76. The Labute approximate surface area is 193 Å². The average Bonchev–Trinajstić information content (AvgIpc) is 2.68. The van der Waals surface area contributed by atoms with Crippen molar-refractivity contribution in [2.45, 2.75) is 20.3 Å². The van der Waals surface area contributed by atoms with E-state index in [1.165, 1.54) is 0 Å². The lowest BCUT2D eigenvalue weighted by atomic mass is 10.2. The zero-order chi connectivity index (χ0) is 22.3. The number of nitrogens with one attached hydrogen (secondary N) is 2. The minimum absolute atomic E-state index is 0.0635. The molecule has 0 fully saturated rings. The Bertz CT molecular complexity index is 944. The van der Waals surface area contributed by atoms with Crippen molar-refractivity contribution in [1.29, 1.82) is 0 Å². The molecule has 0 aliphatic heterocycles. The van der Waals surface area contributed by atoms with Crippen molar-refractivity contribution in [3.63, 3.8) is 0 Å². The number of benzene rings is 2. The molecule has 2 aromatic carbocycles. The molecule has 0 saturated heterocycles. The van der Waals surface area contributed by atoms with Crippen molar-refractivity contribution in [1.82, 2.24) is 5.43 Å². The lowest BCUT2D eigenvalue weighted by Crippen LogP contribution is -2.26. The van der Waals surface area contributed by atoms with E-state index in [0.29, 0.717) is 17.1 Å². The van der Waals surface area contributed by atoms with E-state index in [-0.39, 0.29) is 18.9 Å². The Morgan fingerprint density at radius 3 is 2.37 bits per heavy atom. The predicted molar refractivity (Wildman–Crippen MR) is 127 cm³/mol. The fourth-order valence-corrected chi connectivity index (χ4v) is 3.50. The summed E-state index contributed by atoms with van der Waals surface area (Å²) in [6.45, 7) is 3.41. The van der Waals surface area contributed by atoms with Crippen LogP contribution >= 0.6 is 31.9 Å². The van der Waals surface area contributed by atoms with Gasteiger partial charge in [0.1, 0.15) is 5.75 Å². The quantitative estimate of drug-likeness (QED) is 0.382. The summed E-state index contributed by atoms with van der Waals surface area (Å²) in [6, 6.07) is 11.2. The molecule has 0 saturated carbocycles. The number of carbonyl (C=O) groups excluding carboxylic acids is 2. The van der Waals surface area contributed by atoms with Crippen molar-refractivity contribution in [2.75, 3.05) is 30.9 Å². The van der Waals surface area contributed by atoms with Gasteiger partial charge in [-0.05, 0) is 71.7 Å². The third-order valence-corrected chi connectivity index (χ3v) is 5.50. The molecule has 0 bridgehead atoms. The maximum absolute atomic E-state index is 12.1. The Hall–Kier alpha value is -2.39. The van der Waals surface area contributed by atoms with Crippen LogP contribution in [0.25, 0.3) is 0 Å². The number of hydrogen-bond acceptors (Lipinski definition) is 5. The second kappa shape index (κ2) is 11.1. The van der Waals surface area contributed by atoms with Crippen LogP contribution in [0.3, 0.4) is 0 Å². The smallest absolute Gasteiger partial charge is 0.277 e. The van der Waals surface area contributed by atoms with Crippen molar-refractivity contribution in [3.8, 4) is 5.75 Å². The number of anilines is 2. The number of amides is 2. The van der Waals surface area contributed by atoms with E-state index in [1.807, 2.05) is 62.3 Å². The topological polar surface area (TPSA) is 83.0 Å². The third kappa shape index (κ3) is 7.46. The van der Waals surface area contributed by atoms with E-state index in [0.717, 1.165) is 20.2 Å². The normalized spacial score (nSPS) is 11.1. The Morgan fingerprint density at radius 1 is 1.07 bits per heavy atom. The molecule has 0 heterocycles. The first-order valence-electron chi connectivity index (χ1n) is 9.13. The molecule has 0 aliphatic rings. The first kappa shape index (κ1) is 23.9. The number of nitrogens with zero attached hydrogens (tertiary/aromatic N) is 2. The molecule has 30 heavy (non-hydrogen) atoms. The highest BCUT2D eigenvalue weighted by Gasteiger charge is 2.09. The molecule has 0 unspecified atom stereocenters. The molecule has 9 heteroatoms. The molecule has 0 aromatic heterocycles. The molecule has 7 nitrogen and oxygen atoms in total. The van der Waals surface area contributed by atoms with Gasteiger partial charge in [0.05, 0.1) is 10.9 Å². The Balaban J connectivity index is 1.80. The highest BCUT2D eigenvalue weighted by molar-refractivity contribution is 9.11. The molecule has 2 aromatic rings. The summed E-state index contributed by atoms with van der Waals surface area (Å²) < 4.78 is 7.20. The van der Waals surface area contributed by atoms with Crippen LogP contribution in [0.15, 0.2) is 50.4 Å². The fraction of sp³-hybridized carbons (Fsp3) is 0.286. The molecule has 2 rings (SSSR count). The second-order valence-corrected chi connectivity index (χ2v) is 8.58. The minimum Gasteiger partial charge on any atom is -0.483 e. The summed E-state index contributed by atoms with van der Waals surface area (Å²) in [7, 11) is 3.90. The van der Waals surface area contributed by atoms with E-state index in [1.54, 1.807) is 6.92 Å². The standard InChI is InChI=1S/C21H24Br2N4O3/c1-13-9-19(18(23)11-17(13)22)30-12-21(29)26-25-14(2)10-20(28)24-15-5-7-16(8-6-15)27(3)4/h5-9,11H,10,12H2,1-4H3,(H,24,28)(H,26,29)/b25-14-. The zero-order valence-corrected chi connectivity index (χ0v) is 20.4. The molecule has 160 valence electrons. The Morgan fingerprint density at radius 2 is 1.73 bits per heavy atom. The SMILES string of the molecule is C/C(CC(=O)Nc1ccc(N(C)C)cc1)=N/NC(=O)COc1cc(C)c(Br)cc1Br. The van der Waals surface area contributed by atoms with Gasteiger partial charge in [0.15, 0.2) is 6.61 Å². The van der Waals surface area contributed by atoms with Gasteiger partial charge in [-0.25, -0.2) is 5.43 Å². The summed E-state index contributed by atoms with van der Waals surface area (Å²) in [5.74, 6) is -0.0682. The largest absolute Gasteiger partial charge is 0.483 e. The zero-order valence-electron chi connectivity index (χ0n) is 17.3. The van der Waals surface area contributed by atoms with Crippen molar-refractivity contribution in [3.05, 3.63) is 50.9 Å². The summed E-state index contributed by atoms with van der Waals surface area (Å²) in [6.07, 6.45) is 0.0635. The fourth-order valence-electron chi connectivity index (χ4n) is 2.39. The van der Waals surface area contributed by atoms with E-state index < -0.39 is 5.91 Å². The number of halogens is 2. The Kier molecular flexibility index (Phi) is 8.86. The average molecular weight is 540 g/mol. The van der Waals surface area contributed by atoms with Crippen LogP contribution in [-0.2, 0) is 9.59 Å². The predicted octanol–water partition coefficient (Wildman–Crippen LogP) is 4.49. The van der Waals surface area contributed by atoms with Gasteiger partial charge in [0.25, 0.3) is 5.91 Å². The van der Waals surface area contributed by atoms with Gasteiger partial charge in [-0.15, -0.1) is 0 Å². The monoisotopic (exact) mass is 538 g/mol. The van der Waals surface area contributed by atoms with Crippen LogP contribution in [0.5, 0.6) is 5.75 Å². The van der Waals surface area contributed by atoms with Crippen molar-refractivity contribution < 1.29 is 14.3 Å². The van der Waals surface area contributed by atoms with Crippen molar-refractivity contribution in [2.24, 2.45) is 5.10 Å². The van der Waals surface area contributed by atoms with E-state index in [4.69, 9.17) is 4.74 Å². The van der Waals surface area contributed by atoms with E-state index in [2.05, 4.69) is 47.7 Å². The van der Waals surface area contributed by atoms with Gasteiger partial charge in [-0.3, -0.25) is 9.59 Å². The number of aryl methyl sites for hydroxylation is 1. The third-order valence-electron chi connectivity index (χ3n) is 4.03. The summed E-state index contributed by atoms with van der Waals surface area (Å²) in [5.41, 5.74) is 5.61. The van der Waals surface area contributed by atoms with Gasteiger partial charge >= 0.3 is 0 Å². The molecule has 0 spiro atoms. The molecule has 0 aliphatic carbocycles. The molecular weight excluding hydrogens is 516 g/mol. The van der Waals surface area contributed by atoms with Crippen LogP contribution in [0.2, 0.25) is 0 Å². The molecule has 2 N–H and O–H groups in total. The summed E-state index contributed by atoms with van der Waals surface area (Å²) in [4.78, 5) is 26.1. The van der Waals surface area contributed by atoms with Crippen molar-refractivity contribution >= 4 is 60.8 Å². The van der Waals surface area contributed by atoms with Crippen LogP contribution in [0.1, 0.15) is 18.9 Å². The lowest BCUT2D eigenvalue weighted by Gasteiger charge is -2.13. The maximum atomic E-state index is 12.1. The van der Waals surface area contributed by atoms with Gasteiger partial charge in [0.2, 0.25) is 5.91 Å². The van der Waals surface area contributed by atoms with Gasteiger partial charge < -0.3 is 15.0 Å². The molecule has 2 amide bonds. The summed E-state index contributed by atoms with van der Waals surface area (Å²) >= 11 is 6.83. The maximum Gasteiger partial charge on any atom is 0.277 e. The first-order chi connectivity index (χ1) is 14.2. The number of hydrazone groups is 1. The lowest BCUT2D eigenvalue weighted by molar-refractivity contribution is -0.123. The number of ether oxygens (including phenoxy) is 1.